The van der Waals surface area contributed by atoms with E-state index in [1.807, 2.05) is 16.9 Å². The Morgan fingerprint density at radius 1 is 1.24 bits per heavy atom. The first-order valence-corrected chi connectivity index (χ1v) is 7.55. The van der Waals surface area contributed by atoms with Gasteiger partial charge in [-0.25, -0.2) is 4.68 Å². The van der Waals surface area contributed by atoms with Gasteiger partial charge in [0.25, 0.3) is 0 Å². The van der Waals surface area contributed by atoms with Crippen LogP contribution in [0.25, 0.3) is 5.69 Å². The molecule has 0 unspecified atom stereocenters. The molecule has 4 nitrogen and oxygen atoms in total. The number of hydrogen-bond acceptors (Lipinski definition) is 3. The maximum atomic E-state index is 5.84. The van der Waals surface area contributed by atoms with Crippen LogP contribution in [0.15, 0.2) is 42.7 Å². The van der Waals surface area contributed by atoms with Crippen LogP contribution in [0.4, 0.5) is 0 Å². The smallest absolute Gasteiger partial charge is 0.0645 e. The number of aromatic nitrogens is 2. The van der Waals surface area contributed by atoms with Gasteiger partial charge < -0.3 is 5.73 Å². The summed E-state index contributed by atoms with van der Waals surface area (Å²) >= 11 is 0. The molecule has 0 saturated heterocycles. The largest absolute Gasteiger partial charge is 0.330 e. The van der Waals surface area contributed by atoms with Gasteiger partial charge in [-0.2, -0.15) is 5.10 Å². The van der Waals surface area contributed by atoms with Crippen molar-refractivity contribution in [1.82, 2.24) is 14.7 Å². The third kappa shape index (κ3) is 4.41. The van der Waals surface area contributed by atoms with Crippen molar-refractivity contribution in [2.45, 2.75) is 27.3 Å². The lowest BCUT2D eigenvalue weighted by Crippen LogP contribution is -2.38. The highest BCUT2D eigenvalue weighted by Gasteiger charge is 2.19. The predicted molar refractivity (Wildman–Crippen MR) is 87.4 cm³/mol. The molecule has 0 aliphatic rings. The minimum Gasteiger partial charge on any atom is -0.330 e. The molecule has 0 amide bonds. The van der Waals surface area contributed by atoms with Gasteiger partial charge >= 0.3 is 0 Å². The average Bonchev–Trinajstić information content (AvgIpc) is 3.01. The Balaban J connectivity index is 2.01. The lowest BCUT2D eigenvalue weighted by Gasteiger charge is -2.31. The van der Waals surface area contributed by atoms with Crippen molar-refractivity contribution >= 4 is 0 Å². The van der Waals surface area contributed by atoms with Gasteiger partial charge in [-0.05, 0) is 42.3 Å². The van der Waals surface area contributed by atoms with Gasteiger partial charge in [-0.3, -0.25) is 4.90 Å². The Morgan fingerprint density at radius 2 is 1.95 bits per heavy atom. The Hall–Kier alpha value is -1.65. The summed E-state index contributed by atoms with van der Waals surface area (Å²) in [7, 11) is 0. The second-order valence-corrected chi connectivity index (χ2v) is 6.29. The van der Waals surface area contributed by atoms with Gasteiger partial charge in [0.15, 0.2) is 0 Å². The van der Waals surface area contributed by atoms with Crippen LogP contribution in [0, 0.1) is 5.41 Å². The third-order valence-corrected chi connectivity index (χ3v) is 3.76. The highest BCUT2D eigenvalue weighted by molar-refractivity contribution is 5.33. The molecule has 4 heteroatoms. The summed E-state index contributed by atoms with van der Waals surface area (Å²) in [6, 6.07) is 10.5. The first-order valence-electron chi connectivity index (χ1n) is 7.55. The molecule has 0 fully saturated rings. The Bertz CT molecular complexity index is 528. The maximum absolute atomic E-state index is 5.84. The van der Waals surface area contributed by atoms with Crippen LogP contribution in [0.5, 0.6) is 0 Å². The number of nitrogens with zero attached hydrogens (tertiary/aromatic N) is 3. The average molecular weight is 286 g/mol. The van der Waals surface area contributed by atoms with Crippen molar-refractivity contribution < 1.29 is 0 Å². The zero-order valence-electron chi connectivity index (χ0n) is 13.3. The maximum Gasteiger partial charge on any atom is 0.0645 e. The van der Waals surface area contributed by atoms with E-state index in [1.165, 1.54) is 5.56 Å². The SMILES string of the molecule is CCN(Cc1ccc(-n2cccn2)cc1)CC(C)(C)CN. The van der Waals surface area contributed by atoms with Gasteiger partial charge in [-0.15, -0.1) is 0 Å². The highest BCUT2D eigenvalue weighted by atomic mass is 15.3. The third-order valence-electron chi connectivity index (χ3n) is 3.76. The molecule has 21 heavy (non-hydrogen) atoms. The monoisotopic (exact) mass is 286 g/mol. The van der Waals surface area contributed by atoms with Gasteiger partial charge in [0, 0.05) is 25.5 Å². The highest BCUT2D eigenvalue weighted by Crippen LogP contribution is 2.17. The fraction of sp³-hybridized carbons (Fsp3) is 0.471. The summed E-state index contributed by atoms with van der Waals surface area (Å²) in [6.45, 7) is 10.4. The van der Waals surface area contributed by atoms with Crippen molar-refractivity contribution in [3.63, 3.8) is 0 Å². The normalized spacial score (nSPS) is 12.0. The van der Waals surface area contributed by atoms with Crippen molar-refractivity contribution in [3.8, 4) is 5.69 Å². The summed E-state index contributed by atoms with van der Waals surface area (Å²) in [5.74, 6) is 0. The van der Waals surface area contributed by atoms with E-state index in [-0.39, 0.29) is 5.41 Å². The van der Waals surface area contributed by atoms with Crippen LogP contribution >= 0.6 is 0 Å². The van der Waals surface area contributed by atoms with Crippen LogP contribution in [-0.4, -0.2) is 34.3 Å². The van der Waals surface area contributed by atoms with E-state index >= 15 is 0 Å². The molecule has 0 saturated carbocycles. The van der Waals surface area contributed by atoms with Crippen molar-refractivity contribution in [2.75, 3.05) is 19.6 Å². The molecule has 2 rings (SSSR count). The fourth-order valence-corrected chi connectivity index (χ4v) is 2.38. The number of nitrogens with two attached hydrogens (primary N) is 1. The first kappa shape index (κ1) is 15.7. The quantitative estimate of drug-likeness (QED) is 0.851. The summed E-state index contributed by atoms with van der Waals surface area (Å²) in [6.07, 6.45) is 3.75. The standard InChI is InChI=1S/C17H26N4/c1-4-20(14-17(2,3)13-18)12-15-6-8-16(9-7-15)21-11-5-10-19-21/h5-11H,4,12-14,18H2,1-3H3. The predicted octanol–water partition coefficient (Wildman–Crippen LogP) is 2.68. The van der Waals surface area contributed by atoms with Gasteiger partial charge in [0.1, 0.15) is 0 Å². The minimum absolute atomic E-state index is 0.158. The molecule has 1 aromatic carbocycles. The van der Waals surface area contributed by atoms with Crippen LogP contribution in [0.3, 0.4) is 0 Å². The molecular formula is C17H26N4. The topological polar surface area (TPSA) is 47.1 Å². The Labute approximate surface area is 127 Å². The molecular weight excluding hydrogens is 260 g/mol. The van der Waals surface area contributed by atoms with Crippen molar-refractivity contribution in [1.29, 1.82) is 0 Å². The van der Waals surface area contributed by atoms with Crippen LogP contribution in [0.2, 0.25) is 0 Å². The molecule has 0 aliphatic heterocycles. The number of hydrogen-bond donors (Lipinski definition) is 1. The Kier molecular flexibility index (Phi) is 5.15. The van der Waals surface area contributed by atoms with E-state index in [4.69, 9.17) is 5.73 Å². The zero-order valence-corrected chi connectivity index (χ0v) is 13.3. The van der Waals surface area contributed by atoms with Crippen LogP contribution < -0.4 is 5.73 Å². The second-order valence-electron chi connectivity index (χ2n) is 6.29. The molecule has 114 valence electrons. The molecule has 2 N–H and O–H groups in total. The number of rotatable bonds is 7. The van der Waals surface area contributed by atoms with E-state index < -0.39 is 0 Å². The van der Waals surface area contributed by atoms with Crippen LogP contribution in [-0.2, 0) is 6.54 Å². The zero-order chi connectivity index (χ0) is 15.3. The summed E-state index contributed by atoms with van der Waals surface area (Å²) in [4.78, 5) is 2.44. The van der Waals surface area contributed by atoms with Crippen LogP contribution in [0.1, 0.15) is 26.3 Å². The molecule has 0 radical (unpaired) electrons. The van der Waals surface area contributed by atoms with Gasteiger partial charge in [0.05, 0.1) is 5.69 Å². The van der Waals surface area contributed by atoms with Crippen molar-refractivity contribution in [3.05, 3.63) is 48.3 Å². The molecule has 0 bridgehead atoms. The number of benzene rings is 1. The van der Waals surface area contributed by atoms with Crippen molar-refractivity contribution in [2.24, 2.45) is 11.1 Å². The summed E-state index contributed by atoms with van der Waals surface area (Å²) in [5, 5.41) is 4.25. The lowest BCUT2D eigenvalue weighted by molar-refractivity contribution is 0.183. The second kappa shape index (κ2) is 6.87. The van der Waals surface area contributed by atoms with Gasteiger partial charge in [0.2, 0.25) is 0 Å². The van der Waals surface area contributed by atoms with E-state index in [1.54, 1.807) is 6.20 Å². The molecule has 0 spiro atoms. The minimum atomic E-state index is 0.158. The fourth-order valence-electron chi connectivity index (χ4n) is 2.38. The van der Waals surface area contributed by atoms with E-state index in [0.29, 0.717) is 6.54 Å². The molecule has 0 aliphatic carbocycles. The lowest BCUT2D eigenvalue weighted by atomic mass is 9.93. The molecule has 1 heterocycles. The first-order chi connectivity index (χ1) is 10.0. The summed E-state index contributed by atoms with van der Waals surface area (Å²) < 4.78 is 1.87. The molecule has 1 aromatic heterocycles. The molecule has 2 aromatic rings. The summed E-state index contributed by atoms with van der Waals surface area (Å²) in [5.41, 5.74) is 8.41. The van der Waals surface area contributed by atoms with Gasteiger partial charge in [-0.1, -0.05) is 32.9 Å². The van der Waals surface area contributed by atoms with E-state index in [0.717, 1.165) is 25.3 Å². The van der Waals surface area contributed by atoms with E-state index in [9.17, 15) is 0 Å². The molecule has 0 atom stereocenters. The Morgan fingerprint density at radius 3 is 2.48 bits per heavy atom. The van der Waals surface area contributed by atoms with E-state index in [2.05, 4.69) is 55.0 Å².